The highest BCUT2D eigenvalue weighted by Gasteiger charge is 2.21. The summed E-state index contributed by atoms with van der Waals surface area (Å²) >= 11 is 6.31. The van der Waals surface area contributed by atoms with Gasteiger partial charge in [-0.1, -0.05) is 30.9 Å². The molecule has 0 radical (unpaired) electrons. The van der Waals surface area contributed by atoms with Crippen LogP contribution in [-0.2, 0) is 0 Å². The first kappa shape index (κ1) is 20.3. The van der Waals surface area contributed by atoms with Crippen molar-refractivity contribution < 1.29 is 14.0 Å². The highest BCUT2D eigenvalue weighted by molar-refractivity contribution is 6.34. The molecule has 0 bridgehead atoms. The van der Waals surface area contributed by atoms with Gasteiger partial charge in [-0.3, -0.25) is 9.59 Å². The zero-order chi connectivity index (χ0) is 20.1. The maximum Gasteiger partial charge on any atom is 0.255 e. The van der Waals surface area contributed by atoms with E-state index in [1.54, 1.807) is 30.1 Å². The Morgan fingerprint density at radius 1 is 1.11 bits per heavy atom. The molecule has 2 aromatic rings. The summed E-state index contributed by atoms with van der Waals surface area (Å²) in [6.07, 6.45) is 6.08. The molecule has 6 heteroatoms. The van der Waals surface area contributed by atoms with Crippen molar-refractivity contribution in [1.82, 2.24) is 4.90 Å². The summed E-state index contributed by atoms with van der Waals surface area (Å²) in [7, 11) is 1.80. The van der Waals surface area contributed by atoms with E-state index in [0.29, 0.717) is 22.7 Å². The van der Waals surface area contributed by atoms with E-state index < -0.39 is 5.82 Å². The summed E-state index contributed by atoms with van der Waals surface area (Å²) in [4.78, 5) is 26.7. The second kappa shape index (κ2) is 9.20. The Morgan fingerprint density at radius 2 is 1.79 bits per heavy atom. The molecule has 0 spiro atoms. The van der Waals surface area contributed by atoms with Crippen LogP contribution in [0.15, 0.2) is 42.5 Å². The van der Waals surface area contributed by atoms with Gasteiger partial charge in [0.05, 0.1) is 10.6 Å². The number of halogens is 2. The summed E-state index contributed by atoms with van der Waals surface area (Å²) in [6.45, 7) is 0.734. The molecule has 0 saturated heterocycles. The van der Waals surface area contributed by atoms with E-state index in [-0.39, 0.29) is 16.8 Å². The number of hydrogen-bond donors (Lipinski definition) is 1. The molecule has 0 atom stereocenters. The van der Waals surface area contributed by atoms with E-state index in [4.69, 9.17) is 11.6 Å². The van der Waals surface area contributed by atoms with Crippen LogP contribution in [0.5, 0.6) is 0 Å². The number of benzene rings is 2. The summed E-state index contributed by atoms with van der Waals surface area (Å²) in [5.41, 5.74) is 1.23. The summed E-state index contributed by atoms with van der Waals surface area (Å²) in [6, 6.07) is 10.1. The Kier molecular flexibility index (Phi) is 6.68. The first-order chi connectivity index (χ1) is 13.4. The second-order valence-electron chi connectivity index (χ2n) is 7.35. The minimum Gasteiger partial charge on any atom is -0.341 e. The Hall–Kier alpha value is -2.40. The molecule has 1 aliphatic rings. The zero-order valence-electron chi connectivity index (χ0n) is 15.9. The van der Waals surface area contributed by atoms with Gasteiger partial charge in [-0.15, -0.1) is 0 Å². The third kappa shape index (κ3) is 5.10. The van der Waals surface area contributed by atoms with E-state index in [0.717, 1.165) is 6.54 Å². The molecular formula is C22H24ClFN2O2. The van der Waals surface area contributed by atoms with Crippen molar-refractivity contribution >= 4 is 29.1 Å². The molecule has 0 heterocycles. The fraction of sp³-hybridized carbons (Fsp3) is 0.364. The van der Waals surface area contributed by atoms with Gasteiger partial charge < -0.3 is 10.2 Å². The van der Waals surface area contributed by atoms with Gasteiger partial charge in [-0.25, -0.2) is 4.39 Å². The fourth-order valence-electron chi connectivity index (χ4n) is 3.62. The third-order valence-corrected chi connectivity index (χ3v) is 5.48. The Morgan fingerprint density at radius 3 is 2.43 bits per heavy atom. The SMILES string of the molecule is CN(CC1CCCCC1)C(=O)c1ccc(NC(=O)c2ccc(F)cc2)cc1Cl. The van der Waals surface area contributed by atoms with E-state index in [2.05, 4.69) is 5.32 Å². The molecule has 148 valence electrons. The van der Waals surface area contributed by atoms with Crippen LogP contribution in [0.2, 0.25) is 5.02 Å². The molecule has 2 amide bonds. The maximum absolute atomic E-state index is 13.0. The van der Waals surface area contributed by atoms with Crippen molar-refractivity contribution in [3.8, 4) is 0 Å². The average Bonchev–Trinajstić information content (AvgIpc) is 2.69. The molecule has 0 aliphatic heterocycles. The monoisotopic (exact) mass is 402 g/mol. The average molecular weight is 403 g/mol. The van der Waals surface area contributed by atoms with Gasteiger partial charge >= 0.3 is 0 Å². The summed E-state index contributed by atoms with van der Waals surface area (Å²) in [5.74, 6) is -0.341. The normalized spacial score (nSPS) is 14.5. The molecule has 1 saturated carbocycles. The highest BCUT2D eigenvalue weighted by Crippen LogP contribution is 2.26. The van der Waals surface area contributed by atoms with E-state index in [1.165, 1.54) is 56.4 Å². The van der Waals surface area contributed by atoms with Crippen molar-refractivity contribution in [2.45, 2.75) is 32.1 Å². The Balaban J connectivity index is 1.64. The Bertz CT molecular complexity index is 848. The van der Waals surface area contributed by atoms with Gasteiger partial charge in [-0.05, 0) is 61.2 Å². The smallest absolute Gasteiger partial charge is 0.255 e. The number of rotatable bonds is 5. The predicted molar refractivity (Wildman–Crippen MR) is 109 cm³/mol. The van der Waals surface area contributed by atoms with Crippen LogP contribution in [0.25, 0.3) is 0 Å². The zero-order valence-corrected chi connectivity index (χ0v) is 16.6. The maximum atomic E-state index is 13.0. The van der Waals surface area contributed by atoms with Gasteiger partial charge in [0, 0.05) is 24.8 Å². The predicted octanol–water partition coefficient (Wildman–Crippen LogP) is 5.38. The van der Waals surface area contributed by atoms with Crippen LogP contribution in [0.1, 0.15) is 52.8 Å². The second-order valence-corrected chi connectivity index (χ2v) is 7.75. The minimum absolute atomic E-state index is 0.119. The largest absolute Gasteiger partial charge is 0.341 e. The lowest BCUT2D eigenvalue weighted by atomic mass is 9.89. The number of nitrogens with zero attached hydrogens (tertiary/aromatic N) is 1. The van der Waals surface area contributed by atoms with Crippen molar-refractivity contribution in [3.05, 3.63) is 64.4 Å². The summed E-state index contributed by atoms with van der Waals surface area (Å²) < 4.78 is 13.0. The molecule has 0 unspecified atom stereocenters. The van der Waals surface area contributed by atoms with Crippen LogP contribution < -0.4 is 5.32 Å². The van der Waals surface area contributed by atoms with E-state index in [1.807, 2.05) is 0 Å². The lowest BCUT2D eigenvalue weighted by Crippen LogP contribution is -2.32. The van der Waals surface area contributed by atoms with Gasteiger partial charge in [0.15, 0.2) is 0 Å². The van der Waals surface area contributed by atoms with Crippen molar-refractivity contribution in [3.63, 3.8) is 0 Å². The molecular weight excluding hydrogens is 379 g/mol. The first-order valence-corrected chi connectivity index (χ1v) is 9.94. The first-order valence-electron chi connectivity index (χ1n) is 9.56. The van der Waals surface area contributed by atoms with Crippen LogP contribution in [0.4, 0.5) is 10.1 Å². The molecule has 1 fully saturated rings. The number of carbonyl (C=O) groups excluding carboxylic acids is 2. The molecule has 1 aliphatic carbocycles. The number of amides is 2. The molecule has 3 rings (SSSR count). The number of nitrogens with one attached hydrogen (secondary N) is 1. The lowest BCUT2D eigenvalue weighted by Gasteiger charge is -2.27. The topological polar surface area (TPSA) is 49.4 Å². The summed E-state index contributed by atoms with van der Waals surface area (Å²) in [5, 5.41) is 3.00. The Labute approximate surface area is 169 Å². The van der Waals surface area contributed by atoms with Crippen molar-refractivity contribution in [2.24, 2.45) is 5.92 Å². The molecule has 1 N–H and O–H groups in total. The fourth-order valence-corrected chi connectivity index (χ4v) is 3.88. The molecule has 2 aromatic carbocycles. The van der Waals surface area contributed by atoms with Gasteiger partial charge in [0.2, 0.25) is 0 Å². The quantitative estimate of drug-likeness (QED) is 0.729. The molecule has 28 heavy (non-hydrogen) atoms. The standard InChI is InChI=1S/C22H24ClFN2O2/c1-26(14-15-5-3-2-4-6-15)22(28)19-12-11-18(13-20(19)23)25-21(27)16-7-9-17(24)10-8-16/h7-13,15H,2-6,14H2,1H3,(H,25,27). The third-order valence-electron chi connectivity index (χ3n) is 5.17. The molecule has 0 aromatic heterocycles. The van der Waals surface area contributed by atoms with Crippen molar-refractivity contribution in [1.29, 1.82) is 0 Å². The lowest BCUT2D eigenvalue weighted by molar-refractivity contribution is 0.0760. The van der Waals surface area contributed by atoms with Crippen LogP contribution in [0.3, 0.4) is 0 Å². The number of hydrogen-bond acceptors (Lipinski definition) is 2. The number of carbonyl (C=O) groups is 2. The molecule has 4 nitrogen and oxygen atoms in total. The van der Waals surface area contributed by atoms with Gasteiger partial charge in [0.25, 0.3) is 11.8 Å². The van der Waals surface area contributed by atoms with Gasteiger partial charge in [-0.2, -0.15) is 0 Å². The van der Waals surface area contributed by atoms with Crippen LogP contribution >= 0.6 is 11.6 Å². The van der Waals surface area contributed by atoms with E-state index >= 15 is 0 Å². The number of anilines is 1. The van der Waals surface area contributed by atoms with E-state index in [9.17, 15) is 14.0 Å². The minimum atomic E-state index is -0.403. The van der Waals surface area contributed by atoms with Gasteiger partial charge in [0.1, 0.15) is 5.82 Å². The van der Waals surface area contributed by atoms with Crippen LogP contribution in [0, 0.1) is 11.7 Å². The highest BCUT2D eigenvalue weighted by atomic mass is 35.5. The van der Waals surface area contributed by atoms with Crippen molar-refractivity contribution in [2.75, 3.05) is 18.9 Å². The van der Waals surface area contributed by atoms with Crippen LogP contribution in [-0.4, -0.2) is 30.3 Å².